The van der Waals surface area contributed by atoms with Gasteiger partial charge in [0.05, 0.1) is 12.1 Å². The molecular formula is C48H77N8O15P5. The lowest BCUT2D eigenvalue weighted by molar-refractivity contribution is -0.169. The second-order valence-electron chi connectivity index (χ2n) is 18.4. The first-order chi connectivity index (χ1) is 35.7. The Bertz CT molecular complexity index is 2120. The Morgan fingerprint density at radius 1 is 0.461 bits per heavy atom. The van der Waals surface area contributed by atoms with Gasteiger partial charge in [0.15, 0.2) is 11.6 Å². The molecule has 0 aromatic rings. The van der Waals surface area contributed by atoms with Crippen molar-refractivity contribution in [2.75, 3.05) is 99.4 Å². The third-order valence-corrected chi connectivity index (χ3v) is 15.7. The third-order valence-electron chi connectivity index (χ3n) is 11.0. The SMILES string of the molecule is CP(C)C(=O)NCCCCC(NC(=O)P(C)C)C(=O)CCCN1C(=O)C=CC1=O.CP(C)C(=O)NCCCCC(NC(=O)P(C)C)C(=O)CCCNC(=O)CCN1C(=O)C=CC1=O.CP(C)C(=O)ON1C(=O)CCC1=O. The van der Waals surface area contributed by atoms with Gasteiger partial charge in [-0.25, -0.2) is 4.79 Å². The summed E-state index contributed by atoms with van der Waals surface area (Å²) in [7, 11) is -3.97. The van der Waals surface area contributed by atoms with E-state index in [1.165, 1.54) is 24.3 Å². The van der Waals surface area contributed by atoms with Crippen molar-refractivity contribution in [3.05, 3.63) is 24.3 Å². The van der Waals surface area contributed by atoms with Crippen LogP contribution < -0.4 is 26.6 Å². The van der Waals surface area contributed by atoms with Crippen molar-refractivity contribution in [1.82, 2.24) is 41.4 Å². The number of nitrogens with zero attached hydrogens (tertiary/aromatic N) is 3. The van der Waals surface area contributed by atoms with Crippen LogP contribution in [0, 0.1) is 0 Å². The number of nitrogens with one attached hydrogen (secondary N) is 5. The lowest BCUT2D eigenvalue weighted by atomic mass is 10.0. The second kappa shape index (κ2) is 37.1. The van der Waals surface area contributed by atoms with E-state index in [2.05, 4.69) is 31.4 Å². The number of Topliss-reactive ketones (excluding diaryl/α,β-unsaturated/α-hetero) is 2. The molecule has 1 fully saturated rings. The number of unbranched alkanes of at least 4 members (excludes halogenated alkanes) is 2. The molecule has 0 saturated carbocycles. The molecule has 0 bridgehead atoms. The van der Waals surface area contributed by atoms with Crippen LogP contribution in [0.2, 0.25) is 0 Å². The minimum Gasteiger partial charge on any atom is -0.356 e. The molecule has 0 radical (unpaired) electrons. The first kappa shape index (κ1) is 69.2. The number of carbonyl (C=O) groups excluding carboxylic acids is 14. The highest BCUT2D eigenvalue weighted by Gasteiger charge is 2.33. The molecule has 3 rings (SSSR count). The van der Waals surface area contributed by atoms with Gasteiger partial charge in [0.2, 0.25) is 28.5 Å². The molecule has 2 atom stereocenters. The van der Waals surface area contributed by atoms with Gasteiger partial charge in [-0.15, -0.1) is 5.06 Å². The van der Waals surface area contributed by atoms with E-state index in [0.717, 1.165) is 22.6 Å². The maximum Gasteiger partial charge on any atom is 0.351 e. The van der Waals surface area contributed by atoms with E-state index < -0.39 is 81.0 Å². The summed E-state index contributed by atoms with van der Waals surface area (Å²) < 4.78 is 0. The summed E-state index contributed by atoms with van der Waals surface area (Å²) in [4.78, 5) is 171. The maximum atomic E-state index is 12.7. The van der Waals surface area contributed by atoms with Crippen molar-refractivity contribution in [3.8, 4) is 0 Å². The highest BCUT2D eigenvalue weighted by molar-refractivity contribution is 7.74. The van der Waals surface area contributed by atoms with Crippen LogP contribution in [0.3, 0.4) is 0 Å². The first-order valence-corrected chi connectivity index (χ1v) is 35.9. The number of carbonyl (C=O) groups is 14. The third kappa shape index (κ3) is 27.5. The number of imide groups is 3. The van der Waals surface area contributed by atoms with Crippen LogP contribution in [-0.4, -0.2) is 208 Å². The lowest BCUT2D eigenvalue weighted by Crippen LogP contribution is -2.40. The Morgan fingerprint density at radius 2 is 0.829 bits per heavy atom. The van der Waals surface area contributed by atoms with E-state index in [-0.39, 0.29) is 104 Å². The molecule has 3 aliphatic rings. The van der Waals surface area contributed by atoms with Crippen molar-refractivity contribution in [2.45, 2.75) is 95.6 Å². The highest BCUT2D eigenvalue weighted by atomic mass is 31.1. The minimum atomic E-state index is -0.923. The Kier molecular flexibility index (Phi) is 33.8. The molecule has 424 valence electrons. The van der Waals surface area contributed by atoms with E-state index in [1.807, 2.05) is 53.3 Å². The topological polar surface area (TPSA) is 318 Å². The van der Waals surface area contributed by atoms with Gasteiger partial charge in [-0.2, -0.15) is 0 Å². The molecule has 28 heteroatoms. The van der Waals surface area contributed by atoms with Crippen molar-refractivity contribution in [3.63, 3.8) is 0 Å². The fraction of sp³-hybridized carbons (Fsp3) is 0.625. The lowest BCUT2D eigenvalue weighted by Gasteiger charge is -2.20. The van der Waals surface area contributed by atoms with E-state index in [1.54, 1.807) is 13.3 Å². The van der Waals surface area contributed by atoms with Crippen LogP contribution in [-0.2, 0) is 48.0 Å². The summed E-state index contributed by atoms with van der Waals surface area (Å²) in [5.41, 5.74) is -0.639. The quantitative estimate of drug-likeness (QED) is 0.0309. The zero-order chi connectivity index (χ0) is 57.7. The molecule has 2 unspecified atom stereocenters. The highest BCUT2D eigenvalue weighted by Crippen LogP contribution is 2.30. The van der Waals surface area contributed by atoms with Crippen LogP contribution in [0.25, 0.3) is 0 Å². The number of hydrogen-bond acceptors (Lipinski definition) is 15. The molecule has 0 aromatic heterocycles. The summed E-state index contributed by atoms with van der Waals surface area (Å²) in [6, 6.07) is -1.17. The van der Waals surface area contributed by atoms with Gasteiger partial charge < -0.3 is 31.4 Å². The first-order valence-electron chi connectivity index (χ1n) is 24.7. The predicted octanol–water partition coefficient (Wildman–Crippen LogP) is 5.84. The van der Waals surface area contributed by atoms with Crippen LogP contribution in [0.5, 0.6) is 0 Å². The summed E-state index contributed by atoms with van der Waals surface area (Å²) in [5, 5.41) is 14.7. The smallest absolute Gasteiger partial charge is 0.351 e. The minimum absolute atomic E-state index is 0.00313. The monoisotopic (exact) mass is 1160 g/mol. The summed E-state index contributed by atoms with van der Waals surface area (Å²) >= 11 is 0. The summed E-state index contributed by atoms with van der Waals surface area (Å²) in [6.07, 6.45) is 10.0. The van der Waals surface area contributed by atoms with E-state index >= 15 is 0 Å². The summed E-state index contributed by atoms with van der Waals surface area (Å²) in [5.74, 6) is -2.95. The molecule has 0 spiro atoms. The number of hydrogen-bond donors (Lipinski definition) is 5. The van der Waals surface area contributed by atoms with Gasteiger partial charge in [0.25, 0.3) is 35.4 Å². The number of rotatable bonds is 31. The van der Waals surface area contributed by atoms with Gasteiger partial charge in [-0.1, -0.05) is 0 Å². The Morgan fingerprint density at radius 3 is 1.21 bits per heavy atom. The van der Waals surface area contributed by atoms with Crippen LogP contribution in [0.15, 0.2) is 24.3 Å². The largest absolute Gasteiger partial charge is 0.356 e. The van der Waals surface area contributed by atoms with Crippen LogP contribution >= 0.6 is 39.6 Å². The van der Waals surface area contributed by atoms with Crippen molar-refractivity contribution in [1.29, 1.82) is 0 Å². The zero-order valence-electron chi connectivity index (χ0n) is 45.4. The normalized spacial score (nSPS) is 14.8. The Balaban J connectivity index is 0.000000620. The Hall–Kier alpha value is -4.79. The maximum absolute atomic E-state index is 12.7. The van der Waals surface area contributed by atoms with Gasteiger partial charge in [-0.05, 0) is 150 Å². The average molecular weight is 1160 g/mol. The fourth-order valence-corrected chi connectivity index (χ4v) is 8.44. The number of amides is 11. The Labute approximate surface area is 451 Å². The molecule has 23 nitrogen and oxygen atoms in total. The molecule has 0 aromatic carbocycles. The number of hydroxylamine groups is 2. The molecule has 76 heavy (non-hydrogen) atoms. The molecule has 11 amide bonds. The van der Waals surface area contributed by atoms with Gasteiger partial charge in [0.1, 0.15) is 0 Å². The van der Waals surface area contributed by atoms with Crippen molar-refractivity contribution >= 4 is 121 Å². The molecule has 0 aliphatic carbocycles. The molecular weight excluding hydrogens is 1080 g/mol. The summed E-state index contributed by atoms with van der Waals surface area (Å²) in [6.45, 7) is 19.8. The fourth-order valence-electron chi connectivity index (χ4n) is 6.51. The second-order valence-corrected chi connectivity index (χ2v) is 29.4. The predicted molar refractivity (Wildman–Crippen MR) is 298 cm³/mol. The van der Waals surface area contributed by atoms with E-state index in [0.29, 0.717) is 56.7 Å². The molecule has 1 saturated heterocycles. The van der Waals surface area contributed by atoms with Crippen molar-refractivity contribution in [2.24, 2.45) is 0 Å². The zero-order valence-corrected chi connectivity index (χ0v) is 49.9. The molecule has 5 N–H and O–H groups in total. The van der Waals surface area contributed by atoms with Crippen LogP contribution in [0.4, 0.5) is 24.0 Å². The number of ketones is 2. The standard InChI is InChI=1S/C22H36N4O6P2.C19H31N3O5P2.C7H10NO4P/c1-33(2)21(31)24-13-6-5-8-16(25-22(32)34(3)4)17(27)9-7-14-23-18(28)12-15-26-19(29)10-11-20(26)30;1-28(2)18(26)20-12-6-5-8-14(21-19(27)29(3)4)15(23)9-7-13-22-16(24)10-11-17(22)25;1-13(2)7(11)12-8-5(9)3-4-6(8)10/h10-11,16H,5-9,12-15H2,1-4H3,(H,23,28)(H,24,31)(H,25,32);10-11,14H,5-9,12-13H2,1-4H3,(H,20,26)(H,21,27);3-4H2,1-2H3. The molecule has 3 aliphatic heterocycles. The van der Waals surface area contributed by atoms with Gasteiger partial charge in [0, 0.05) is 97.1 Å². The van der Waals surface area contributed by atoms with E-state index in [4.69, 9.17) is 0 Å². The average Bonchev–Trinajstić information content (AvgIpc) is 3.98. The van der Waals surface area contributed by atoms with Crippen LogP contribution in [0.1, 0.15) is 83.5 Å². The van der Waals surface area contributed by atoms with Gasteiger partial charge in [-0.3, -0.25) is 72.1 Å². The molecule has 3 heterocycles. The van der Waals surface area contributed by atoms with E-state index in [9.17, 15) is 67.1 Å². The van der Waals surface area contributed by atoms with Crippen molar-refractivity contribution < 1.29 is 72.0 Å². The van der Waals surface area contributed by atoms with Gasteiger partial charge >= 0.3 is 5.71 Å².